The van der Waals surface area contributed by atoms with E-state index < -0.39 is 0 Å². The van der Waals surface area contributed by atoms with Gasteiger partial charge >= 0.3 is 0 Å². The number of amides is 1. The fourth-order valence-corrected chi connectivity index (χ4v) is 4.86. The van der Waals surface area contributed by atoms with Gasteiger partial charge in [-0.1, -0.05) is 59.5 Å². The number of nitrogens with zero attached hydrogens (tertiary/aromatic N) is 3. The highest BCUT2D eigenvalue weighted by atomic mass is 32.2. The molecule has 6 nitrogen and oxygen atoms in total. The van der Waals surface area contributed by atoms with Gasteiger partial charge in [-0.15, -0.1) is 16.8 Å². The van der Waals surface area contributed by atoms with E-state index in [0.29, 0.717) is 6.54 Å². The van der Waals surface area contributed by atoms with Gasteiger partial charge in [0.05, 0.1) is 5.25 Å². The summed E-state index contributed by atoms with van der Waals surface area (Å²) in [6, 6.07) is 10.7. The molecule has 2 atom stereocenters. The summed E-state index contributed by atoms with van der Waals surface area (Å²) in [4.78, 5) is 14.9. The largest absolute Gasteiger partial charge is 0.357 e. The lowest BCUT2D eigenvalue weighted by Crippen LogP contribution is -2.40. The second-order valence-electron chi connectivity index (χ2n) is 6.52. The van der Waals surface area contributed by atoms with Gasteiger partial charge in [0.1, 0.15) is 0 Å². The maximum absolute atomic E-state index is 12.5. The van der Waals surface area contributed by atoms with E-state index in [2.05, 4.69) is 56.6 Å². The SMILES string of the molecule is C=CCNc1nnc(SC(C)C(=O)NC2CCN(Cc3ccccc3)C2)s1. The molecule has 2 aromatic rings. The summed E-state index contributed by atoms with van der Waals surface area (Å²) >= 11 is 2.90. The monoisotopic (exact) mass is 403 g/mol. The Morgan fingerprint density at radius 3 is 3.04 bits per heavy atom. The molecule has 2 heterocycles. The highest BCUT2D eigenvalue weighted by molar-refractivity contribution is 8.02. The summed E-state index contributed by atoms with van der Waals surface area (Å²) in [5.74, 6) is 0.0577. The van der Waals surface area contributed by atoms with E-state index in [1.165, 1.54) is 28.7 Å². The normalized spacial score (nSPS) is 18.2. The number of anilines is 1. The molecule has 8 heteroatoms. The molecule has 1 amide bonds. The predicted octanol–water partition coefficient (Wildman–Crippen LogP) is 3.01. The van der Waals surface area contributed by atoms with E-state index >= 15 is 0 Å². The van der Waals surface area contributed by atoms with Crippen LogP contribution in [0, 0.1) is 0 Å². The van der Waals surface area contributed by atoms with Crippen LogP contribution in [-0.2, 0) is 11.3 Å². The van der Waals surface area contributed by atoms with Gasteiger partial charge in [-0.3, -0.25) is 9.69 Å². The highest BCUT2D eigenvalue weighted by Gasteiger charge is 2.26. The maximum Gasteiger partial charge on any atom is 0.233 e. The van der Waals surface area contributed by atoms with Crippen LogP contribution in [0.5, 0.6) is 0 Å². The van der Waals surface area contributed by atoms with Crippen molar-refractivity contribution in [3.63, 3.8) is 0 Å². The Balaban J connectivity index is 1.43. The summed E-state index contributed by atoms with van der Waals surface area (Å²) in [6.45, 7) is 9.06. The van der Waals surface area contributed by atoms with Crippen LogP contribution in [0.4, 0.5) is 5.13 Å². The molecular weight excluding hydrogens is 378 g/mol. The van der Waals surface area contributed by atoms with Crippen LogP contribution >= 0.6 is 23.1 Å². The Hall–Kier alpha value is -1.90. The number of aromatic nitrogens is 2. The zero-order valence-corrected chi connectivity index (χ0v) is 17.1. The first kappa shape index (κ1) is 19.9. The quantitative estimate of drug-likeness (QED) is 0.495. The first-order chi connectivity index (χ1) is 13.1. The molecule has 3 rings (SSSR count). The van der Waals surface area contributed by atoms with Gasteiger partial charge in [0, 0.05) is 32.2 Å². The molecule has 2 unspecified atom stereocenters. The molecule has 0 radical (unpaired) electrons. The number of carbonyl (C=O) groups is 1. The molecule has 0 spiro atoms. The molecule has 0 saturated carbocycles. The molecular formula is C19H25N5OS2. The average Bonchev–Trinajstić information content (AvgIpc) is 3.30. The van der Waals surface area contributed by atoms with Gasteiger partial charge < -0.3 is 10.6 Å². The van der Waals surface area contributed by atoms with Gasteiger partial charge in [-0.05, 0) is 18.9 Å². The van der Waals surface area contributed by atoms with Gasteiger partial charge in [0.25, 0.3) is 0 Å². The van der Waals surface area contributed by atoms with Crippen molar-refractivity contribution in [1.29, 1.82) is 0 Å². The van der Waals surface area contributed by atoms with E-state index in [9.17, 15) is 4.79 Å². The molecule has 2 N–H and O–H groups in total. The van der Waals surface area contributed by atoms with Crippen molar-refractivity contribution >= 4 is 34.1 Å². The number of carbonyl (C=O) groups excluding carboxylic acids is 1. The number of hydrogen-bond donors (Lipinski definition) is 2. The van der Waals surface area contributed by atoms with Crippen molar-refractivity contribution in [3.05, 3.63) is 48.6 Å². The minimum Gasteiger partial charge on any atom is -0.357 e. The number of rotatable bonds is 9. The first-order valence-electron chi connectivity index (χ1n) is 9.05. The van der Waals surface area contributed by atoms with Gasteiger partial charge in [-0.2, -0.15) is 0 Å². The first-order valence-corrected chi connectivity index (χ1v) is 10.7. The molecule has 27 heavy (non-hydrogen) atoms. The Bertz CT molecular complexity index is 752. The number of likely N-dealkylation sites (tertiary alicyclic amines) is 1. The Morgan fingerprint density at radius 1 is 1.44 bits per heavy atom. The molecule has 1 aromatic heterocycles. The topological polar surface area (TPSA) is 70.1 Å². The number of hydrogen-bond acceptors (Lipinski definition) is 7. The summed E-state index contributed by atoms with van der Waals surface area (Å²) < 4.78 is 0.793. The molecule has 1 aliphatic rings. The van der Waals surface area contributed by atoms with E-state index in [1.807, 2.05) is 13.0 Å². The fraction of sp³-hybridized carbons (Fsp3) is 0.421. The average molecular weight is 404 g/mol. The van der Waals surface area contributed by atoms with E-state index in [-0.39, 0.29) is 17.2 Å². The molecule has 1 saturated heterocycles. The Labute approximate surface area is 168 Å². The molecule has 144 valence electrons. The van der Waals surface area contributed by atoms with E-state index in [4.69, 9.17) is 0 Å². The summed E-state index contributed by atoms with van der Waals surface area (Å²) in [6.07, 6.45) is 2.76. The lowest BCUT2D eigenvalue weighted by molar-refractivity contribution is -0.120. The summed E-state index contributed by atoms with van der Waals surface area (Å²) in [5.41, 5.74) is 1.31. The minimum absolute atomic E-state index is 0.0577. The van der Waals surface area contributed by atoms with Crippen LogP contribution in [0.25, 0.3) is 0 Å². The highest BCUT2D eigenvalue weighted by Crippen LogP contribution is 2.29. The van der Waals surface area contributed by atoms with E-state index in [0.717, 1.165) is 35.5 Å². The fourth-order valence-electron chi connectivity index (χ4n) is 2.95. The second-order valence-corrected chi connectivity index (χ2v) is 9.08. The summed E-state index contributed by atoms with van der Waals surface area (Å²) in [5, 5.41) is 15.0. The van der Waals surface area contributed by atoms with Crippen LogP contribution in [0.15, 0.2) is 47.3 Å². The van der Waals surface area contributed by atoms with Crippen molar-refractivity contribution in [1.82, 2.24) is 20.4 Å². The van der Waals surface area contributed by atoms with Gasteiger partial charge in [0.2, 0.25) is 11.0 Å². The van der Waals surface area contributed by atoms with Crippen LogP contribution < -0.4 is 10.6 Å². The maximum atomic E-state index is 12.5. The molecule has 0 aliphatic carbocycles. The minimum atomic E-state index is -0.201. The summed E-state index contributed by atoms with van der Waals surface area (Å²) in [7, 11) is 0. The second kappa shape index (κ2) is 9.87. The standard InChI is InChI=1S/C19H25N5OS2/c1-3-10-20-18-22-23-19(27-18)26-14(2)17(25)21-16-9-11-24(13-16)12-15-7-5-4-6-8-15/h3-8,14,16H,1,9-13H2,2H3,(H,20,22)(H,21,25). The van der Waals surface area contributed by atoms with Crippen LogP contribution in [-0.4, -0.2) is 51.9 Å². The van der Waals surface area contributed by atoms with Gasteiger partial charge in [0.15, 0.2) is 4.34 Å². The van der Waals surface area contributed by atoms with Crippen LogP contribution in [0.2, 0.25) is 0 Å². The molecule has 1 fully saturated rings. The molecule has 1 aliphatic heterocycles. The molecule has 0 bridgehead atoms. The third-order valence-corrected chi connectivity index (χ3v) is 6.38. The Kier molecular flexibility index (Phi) is 7.25. The number of benzene rings is 1. The van der Waals surface area contributed by atoms with Crippen LogP contribution in [0.1, 0.15) is 18.9 Å². The number of nitrogens with one attached hydrogen (secondary N) is 2. The van der Waals surface area contributed by atoms with Crippen molar-refractivity contribution in [2.45, 2.75) is 35.5 Å². The Morgan fingerprint density at radius 2 is 2.26 bits per heavy atom. The zero-order chi connectivity index (χ0) is 19.1. The third-order valence-electron chi connectivity index (χ3n) is 4.32. The van der Waals surface area contributed by atoms with Crippen molar-refractivity contribution in [2.24, 2.45) is 0 Å². The zero-order valence-electron chi connectivity index (χ0n) is 15.4. The lowest BCUT2D eigenvalue weighted by Gasteiger charge is -2.18. The number of thioether (sulfide) groups is 1. The van der Waals surface area contributed by atoms with Crippen molar-refractivity contribution < 1.29 is 4.79 Å². The van der Waals surface area contributed by atoms with Gasteiger partial charge in [-0.25, -0.2) is 0 Å². The lowest BCUT2D eigenvalue weighted by atomic mass is 10.2. The van der Waals surface area contributed by atoms with Crippen molar-refractivity contribution in [3.8, 4) is 0 Å². The van der Waals surface area contributed by atoms with Crippen molar-refractivity contribution in [2.75, 3.05) is 25.0 Å². The predicted molar refractivity (Wildman–Crippen MR) is 112 cm³/mol. The van der Waals surface area contributed by atoms with E-state index in [1.54, 1.807) is 6.08 Å². The smallest absolute Gasteiger partial charge is 0.233 e. The van der Waals surface area contributed by atoms with Crippen LogP contribution in [0.3, 0.4) is 0 Å². The third kappa shape index (κ3) is 6.05. The molecule has 1 aromatic carbocycles.